The summed E-state index contributed by atoms with van der Waals surface area (Å²) in [6.45, 7) is 3.07. The van der Waals surface area contributed by atoms with Crippen LogP contribution in [0.1, 0.15) is 31.4 Å². The summed E-state index contributed by atoms with van der Waals surface area (Å²) in [5.74, 6) is -0.183. The van der Waals surface area contributed by atoms with E-state index in [1.807, 2.05) is 20.0 Å². The van der Waals surface area contributed by atoms with Crippen LogP contribution in [0.15, 0.2) is 18.2 Å². The van der Waals surface area contributed by atoms with Crippen LogP contribution >= 0.6 is 11.6 Å². The molecule has 1 N–H and O–H groups in total. The number of sulfonamides is 1. The lowest BCUT2D eigenvalue weighted by molar-refractivity contribution is 0.276. The number of rotatable bonds is 6. The molecular weight excluding hydrogens is 327 g/mol. The first-order chi connectivity index (χ1) is 10.3. The molecule has 0 saturated carbocycles. The number of benzene rings is 1. The van der Waals surface area contributed by atoms with E-state index >= 15 is 0 Å². The zero-order valence-electron chi connectivity index (χ0n) is 12.9. The molecule has 7 heteroatoms. The first kappa shape index (κ1) is 17.7. The van der Waals surface area contributed by atoms with Crippen molar-refractivity contribution >= 4 is 21.6 Å². The molecule has 1 aromatic carbocycles. The fraction of sp³-hybridized carbons (Fsp3) is 0.600. The molecule has 22 heavy (non-hydrogen) atoms. The average Bonchev–Trinajstić information content (AvgIpc) is 2.81. The fourth-order valence-corrected chi connectivity index (χ4v) is 4.31. The van der Waals surface area contributed by atoms with Crippen LogP contribution in [0.4, 0.5) is 4.39 Å². The van der Waals surface area contributed by atoms with Gasteiger partial charge in [0.05, 0.1) is 10.8 Å². The van der Waals surface area contributed by atoms with Gasteiger partial charge in [-0.1, -0.05) is 24.6 Å². The van der Waals surface area contributed by atoms with Crippen molar-refractivity contribution in [2.75, 3.05) is 25.9 Å². The van der Waals surface area contributed by atoms with E-state index in [1.165, 1.54) is 6.07 Å². The van der Waals surface area contributed by atoms with Gasteiger partial charge in [-0.25, -0.2) is 17.5 Å². The Balaban J connectivity index is 2.12. The second kappa shape index (κ2) is 7.25. The Hall–Kier alpha value is -0.690. The highest BCUT2D eigenvalue weighted by Crippen LogP contribution is 2.36. The SMILES string of the molecule is CCCS(=O)(=O)NC[C@H]1CCN(C)[C@H]1c1ccc(Cl)c(F)c1. The van der Waals surface area contributed by atoms with E-state index < -0.39 is 15.8 Å². The third kappa shape index (κ3) is 4.19. The molecule has 2 atom stereocenters. The highest BCUT2D eigenvalue weighted by atomic mass is 35.5. The number of nitrogens with zero attached hydrogens (tertiary/aromatic N) is 1. The van der Waals surface area contributed by atoms with Crippen molar-refractivity contribution in [3.05, 3.63) is 34.6 Å². The number of likely N-dealkylation sites (tertiary alicyclic amines) is 1. The van der Waals surface area contributed by atoms with Crippen LogP contribution in [-0.4, -0.2) is 39.2 Å². The maximum atomic E-state index is 13.7. The van der Waals surface area contributed by atoms with Crippen molar-refractivity contribution in [2.45, 2.75) is 25.8 Å². The first-order valence-corrected chi connectivity index (χ1v) is 9.49. The largest absolute Gasteiger partial charge is 0.299 e. The molecule has 2 rings (SSSR count). The topological polar surface area (TPSA) is 49.4 Å². The number of hydrogen-bond acceptors (Lipinski definition) is 3. The van der Waals surface area contributed by atoms with Gasteiger partial charge in [0.2, 0.25) is 10.0 Å². The Bertz CT molecular complexity index is 624. The molecule has 0 amide bonds. The van der Waals surface area contributed by atoms with Crippen LogP contribution in [0.25, 0.3) is 0 Å². The molecule has 124 valence electrons. The van der Waals surface area contributed by atoms with Crippen LogP contribution in [0, 0.1) is 11.7 Å². The highest BCUT2D eigenvalue weighted by Gasteiger charge is 2.33. The lowest BCUT2D eigenvalue weighted by atomic mass is 9.94. The van der Waals surface area contributed by atoms with Crippen molar-refractivity contribution < 1.29 is 12.8 Å². The maximum Gasteiger partial charge on any atom is 0.211 e. The van der Waals surface area contributed by atoms with Crippen LogP contribution < -0.4 is 4.72 Å². The fourth-order valence-electron chi connectivity index (χ4n) is 3.04. The first-order valence-electron chi connectivity index (χ1n) is 7.46. The summed E-state index contributed by atoms with van der Waals surface area (Å²) in [4.78, 5) is 2.13. The molecule has 0 radical (unpaired) electrons. The minimum atomic E-state index is -3.22. The molecule has 1 fully saturated rings. The van der Waals surface area contributed by atoms with Gasteiger partial charge in [0.25, 0.3) is 0 Å². The summed E-state index contributed by atoms with van der Waals surface area (Å²) in [6.07, 6.45) is 1.46. The number of nitrogens with one attached hydrogen (secondary N) is 1. The molecule has 4 nitrogen and oxygen atoms in total. The van der Waals surface area contributed by atoms with Gasteiger partial charge in [-0.05, 0) is 50.0 Å². The molecule has 0 aliphatic carbocycles. The van der Waals surface area contributed by atoms with E-state index in [-0.39, 0.29) is 22.7 Å². The van der Waals surface area contributed by atoms with Crippen molar-refractivity contribution in [1.29, 1.82) is 0 Å². The van der Waals surface area contributed by atoms with E-state index in [1.54, 1.807) is 6.07 Å². The Kier molecular flexibility index (Phi) is 5.82. The molecule has 0 spiro atoms. The highest BCUT2D eigenvalue weighted by molar-refractivity contribution is 7.89. The lowest BCUT2D eigenvalue weighted by Crippen LogP contribution is -2.33. The van der Waals surface area contributed by atoms with Gasteiger partial charge in [-0.15, -0.1) is 0 Å². The predicted molar refractivity (Wildman–Crippen MR) is 87.0 cm³/mol. The Morgan fingerprint density at radius 1 is 1.45 bits per heavy atom. The molecule has 0 bridgehead atoms. The molecule has 1 saturated heterocycles. The second-order valence-electron chi connectivity index (χ2n) is 5.82. The smallest absolute Gasteiger partial charge is 0.211 e. The third-order valence-electron chi connectivity index (χ3n) is 4.10. The van der Waals surface area contributed by atoms with Crippen LogP contribution in [0.3, 0.4) is 0 Å². The summed E-state index contributed by atoms with van der Waals surface area (Å²) in [6, 6.07) is 4.81. The molecule has 1 aliphatic rings. The zero-order chi connectivity index (χ0) is 16.3. The minimum absolute atomic E-state index is 0.00362. The van der Waals surface area contributed by atoms with Gasteiger partial charge >= 0.3 is 0 Å². The maximum absolute atomic E-state index is 13.7. The van der Waals surface area contributed by atoms with Crippen LogP contribution in [-0.2, 0) is 10.0 Å². The van der Waals surface area contributed by atoms with E-state index in [9.17, 15) is 12.8 Å². The van der Waals surface area contributed by atoms with E-state index in [4.69, 9.17) is 11.6 Å². The van der Waals surface area contributed by atoms with Gasteiger partial charge in [-0.3, -0.25) is 4.90 Å². The average molecular weight is 349 g/mol. The third-order valence-corrected chi connectivity index (χ3v) is 5.96. The van der Waals surface area contributed by atoms with Crippen molar-refractivity contribution in [1.82, 2.24) is 9.62 Å². The standard InChI is InChI=1S/C15H22ClFN2O2S/c1-3-8-22(20,21)18-10-12-6-7-19(2)15(12)11-4-5-13(16)14(17)9-11/h4-5,9,12,15,18H,3,6-8,10H2,1-2H3/t12-,15+/m1/s1. The Labute approximate surface area is 136 Å². The monoisotopic (exact) mass is 348 g/mol. The molecular formula is C15H22ClFN2O2S. The minimum Gasteiger partial charge on any atom is -0.299 e. The molecule has 0 unspecified atom stereocenters. The van der Waals surface area contributed by atoms with Crippen molar-refractivity contribution in [3.63, 3.8) is 0 Å². The Morgan fingerprint density at radius 2 is 2.18 bits per heavy atom. The number of hydrogen-bond donors (Lipinski definition) is 1. The van der Waals surface area contributed by atoms with Crippen molar-refractivity contribution in [3.8, 4) is 0 Å². The van der Waals surface area contributed by atoms with Gasteiger partial charge in [-0.2, -0.15) is 0 Å². The van der Waals surface area contributed by atoms with E-state index in [0.29, 0.717) is 13.0 Å². The van der Waals surface area contributed by atoms with E-state index in [0.717, 1.165) is 18.5 Å². The van der Waals surface area contributed by atoms with Crippen molar-refractivity contribution in [2.24, 2.45) is 5.92 Å². The summed E-state index contributed by atoms with van der Waals surface area (Å²) in [7, 11) is -1.25. The lowest BCUT2D eigenvalue weighted by Gasteiger charge is -2.26. The van der Waals surface area contributed by atoms with Gasteiger partial charge < -0.3 is 0 Å². The quantitative estimate of drug-likeness (QED) is 0.860. The predicted octanol–water partition coefficient (Wildman–Crippen LogP) is 2.80. The zero-order valence-corrected chi connectivity index (χ0v) is 14.4. The van der Waals surface area contributed by atoms with Gasteiger partial charge in [0.1, 0.15) is 5.82 Å². The van der Waals surface area contributed by atoms with Crippen LogP contribution in [0.5, 0.6) is 0 Å². The van der Waals surface area contributed by atoms with Crippen LogP contribution in [0.2, 0.25) is 5.02 Å². The molecule has 1 heterocycles. The summed E-state index contributed by atoms with van der Waals surface area (Å²) in [5, 5.41) is 0.101. The molecule has 1 aliphatic heterocycles. The molecule has 1 aromatic rings. The normalized spacial score (nSPS) is 23.1. The Morgan fingerprint density at radius 3 is 2.82 bits per heavy atom. The van der Waals surface area contributed by atoms with Gasteiger partial charge in [0.15, 0.2) is 0 Å². The van der Waals surface area contributed by atoms with Gasteiger partial charge in [0, 0.05) is 12.6 Å². The molecule has 0 aromatic heterocycles. The summed E-state index contributed by atoms with van der Waals surface area (Å²) < 4.78 is 40.0. The van der Waals surface area contributed by atoms with E-state index in [2.05, 4.69) is 9.62 Å². The second-order valence-corrected chi connectivity index (χ2v) is 8.15. The summed E-state index contributed by atoms with van der Waals surface area (Å²) in [5.41, 5.74) is 0.835. The number of halogens is 2. The summed E-state index contributed by atoms with van der Waals surface area (Å²) >= 11 is 5.74.